The summed E-state index contributed by atoms with van der Waals surface area (Å²) in [6.07, 6.45) is 7.52. The van der Waals surface area contributed by atoms with Gasteiger partial charge in [0.05, 0.1) is 11.2 Å². The molecule has 0 spiro atoms. The Bertz CT molecular complexity index is 882. The first-order valence-corrected chi connectivity index (χ1v) is 9.46. The van der Waals surface area contributed by atoms with Gasteiger partial charge in [0.15, 0.2) is 0 Å². The van der Waals surface area contributed by atoms with E-state index in [0.29, 0.717) is 17.1 Å². The summed E-state index contributed by atoms with van der Waals surface area (Å²) in [6, 6.07) is 7.03. The van der Waals surface area contributed by atoms with Crippen LogP contribution in [0.2, 0.25) is 5.02 Å². The molecule has 1 saturated heterocycles. The van der Waals surface area contributed by atoms with E-state index in [4.69, 9.17) is 11.6 Å². The highest BCUT2D eigenvalue weighted by Crippen LogP contribution is 2.33. The van der Waals surface area contributed by atoms with Crippen molar-refractivity contribution in [3.8, 4) is 0 Å². The standard InChI is InChI=1S/C18H17ClN4O3S/c19-14-5-2-1-4-13(14)10-15-17(25)23(18(26)27-15)11-16(24)21-6-3-8-22-9-7-20-12-22/h1-2,4-5,7,9-10,12H,3,6,8,11H2,(H,21,24). The maximum Gasteiger partial charge on any atom is 0.294 e. The minimum Gasteiger partial charge on any atom is -0.354 e. The number of hydrogen-bond acceptors (Lipinski definition) is 5. The van der Waals surface area contributed by atoms with Crippen LogP contribution in [0, 0.1) is 0 Å². The number of hydrogen-bond donors (Lipinski definition) is 1. The topological polar surface area (TPSA) is 84.3 Å². The van der Waals surface area contributed by atoms with Crippen molar-refractivity contribution in [1.82, 2.24) is 19.8 Å². The second kappa shape index (κ2) is 8.88. The molecule has 7 nitrogen and oxygen atoms in total. The third-order valence-corrected chi connectivity index (χ3v) is 5.09. The molecule has 0 atom stereocenters. The Balaban J connectivity index is 1.52. The predicted octanol–water partition coefficient (Wildman–Crippen LogP) is 2.78. The summed E-state index contributed by atoms with van der Waals surface area (Å²) in [5.41, 5.74) is 0.647. The average molecular weight is 405 g/mol. The molecule has 1 fully saturated rings. The molecule has 1 N–H and O–H groups in total. The minimum atomic E-state index is -0.488. The van der Waals surface area contributed by atoms with Crippen LogP contribution in [0.3, 0.4) is 0 Å². The average Bonchev–Trinajstić information content (AvgIpc) is 3.25. The summed E-state index contributed by atoms with van der Waals surface area (Å²) in [4.78, 5) is 41.7. The molecule has 0 aliphatic carbocycles. The van der Waals surface area contributed by atoms with E-state index >= 15 is 0 Å². The highest BCUT2D eigenvalue weighted by atomic mass is 35.5. The Morgan fingerprint density at radius 2 is 2.11 bits per heavy atom. The lowest BCUT2D eigenvalue weighted by Gasteiger charge is -2.12. The smallest absolute Gasteiger partial charge is 0.294 e. The van der Waals surface area contributed by atoms with Crippen LogP contribution in [0.25, 0.3) is 6.08 Å². The maximum absolute atomic E-state index is 12.4. The van der Waals surface area contributed by atoms with Crippen molar-refractivity contribution >= 4 is 46.5 Å². The van der Waals surface area contributed by atoms with E-state index in [0.717, 1.165) is 29.6 Å². The molecule has 1 aromatic heterocycles. The van der Waals surface area contributed by atoms with Gasteiger partial charge in [-0.1, -0.05) is 29.8 Å². The molecule has 0 unspecified atom stereocenters. The van der Waals surface area contributed by atoms with Gasteiger partial charge in [0.2, 0.25) is 5.91 Å². The van der Waals surface area contributed by atoms with E-state index in [2.05, 4.69) is 10.3 Å². The molecule has 9 heteroatoms. The molecule has 1 aliphatic rings. The van der Waals surface area contributed by atoms with Gasteiger partial charge in [-0.2, -0.15) is 0 Å². The fourth-order valence-corrected chi connectivity index (χ4v) is 3.50. The van der Waals surface area contributed by atoms with Gasteiger partial charge in [-0.3, -0.25) is 19.3 Å². The Hall–Kier alpha value is -2.58. The van der Waals surface area contributed by atoms with Crippen molar-refractivity contribution in [2.24, 2.45) is 0 Å². The zero-order chi connectivity index (χ0) is 19.2. The molecule has 3 amide bonds. The van der Waals surface area contributed by atoms with Crippen LogP contribution < -0.4 is 5.32 Å². The number of thioether (sulfide) groups is 1. The van der Waals surface area contributed by atoms with Crippen molar-refractivity contribution in [1.29, 1.82) is 0 Å². The third-order valence-electron chi connectivity index (χ3n) is 3.84. The van der Waals surface area contributed by atoms with Gasteiger partial charge in [-0.05, 0) is 35.9 Å². The van der Waals surface area contributed by atoms with Gasteiger partial charge in [0.25, 0.3) is 11.1 Å². The number of imide groups is 1. The largest absolute Gasteiger partial charge is 0.354 e. The van der Waals surface area contributed by atoms with E-state index in [9.17, 15) is 14.4 Å². The fraction of sp³-hybridized carbons (Fsp3) is 0.222. The van der Waals surface area contributed by atoms with Gasteiger partial charge >= 0.3 is 0 Å². The Kier molecular flexibility index (Phi) is 6.31. The molecule has 0 radical (unpaired) electrons. The summed E-state index contributed by atoms with van der Waals surface area (Å²) < 4.78 is 1.90. The van der Waals surface area contributed by atoms with E-state index in [1.165, 1.54) is 0 Å². The van der Waals surface area contributed by atoms with Crippen molar-refractivity contribution in [3.63, 3.8) is 0 Å². The molecule has 27 heavy (non-hydrogen) atoms. The summed E-state index contributed by atoms with van der Waals surface area (Å²) in [5, 5.41) is 2.74. The summed E-state index contributed by atoms with van der Waals surface area (Å²) in [6.45, 7) is 0.876. The SMILES string of the molecule is O=C(CN1C(=O)SC(=Cc2ccccc2Cl)C1=O)NCCCn1ccnc1. The first kappa shape index (κ1) is 19.2. The summed E-state index contributed by atoms with van der Waals surface area (Å²) in [7, 11) is 0. The molecule has 1 aromatic carbocycles. The van der Waals surface area contributed by atoms with Crippen LogP contribution >= 0.6 is 23.4 Å². The molecule has 1 aliphatic heterocycles. The number of halogens is 1. The number of nitrogens with one attached hydrogen (secondary N) is 1. The summed E-state index contributed by atoms with van der Waals surface area (Å²) in [5.74, 6) is -0.861. The number of imidazole rings is 1. The maximum atomic E-state index is 12.4. The van der Waals surface area contributed by atoms with Gasteiger partial charge in [-0.25, -0.2) is 4.98 Å². The zero-order valence-corrected chi connectivity index (χ0v) is 15.9. The van der Waals surface area contributed by atoms with Gasteiger partial charge in [-0.15, -0.1) is 0 Å². The van der Waals surface area contributed by atoms with Crippen LogP contribution in [0.5, 0.6) is 0 Å². The van der Waals surface area contributed by atoms with Gasteiger partial charge in [0, 0.05) is 30.5 Å². The molecule has 2 aromatic rings. The number of carbonyl (C=O) groups is 3. The lowest BCUT2D eigenvalue weighted by molar-refractivity contribution is -0.129. The Morgan fingerprint density at radius 3 is 2.85 bits per heavy atom. The summed E-state index contributed by atoms with van der Waals surface area (Å²) >= 11 is 6.89. The molecule has 140 valence electrons. The predicted molar refractivity (Wildman–Crippen MR) is 104 cm³/mol. The number of amides is 3. The number of benzene rings is 1. The number of carbonyl (C=O) groups excluding carboxylic acids is 3. The molecular formula is C18H17ClN4O3S. The number of aryl methyl sites for hydroxylation is 1. The van der Waals surface area contributed by atoms with E-state index in [1.807, 2.05) is 10.8 Å². The molecular weight excluding hydrogens is 388 g/mol. The number of rotatable bonds is 7. The van der Waals surface area contributed by atoms with Crippen molar-refractivity contribution in [2.75, 3.05) is 13.1 Å². The minimum absolute atomic E-state index is 0.251. The molecule has 0 bridgehead atoms. The number of nitrogens with zero attached hydrogens (tertiary/aromatic N) is 3. The van der Waals surface area contributed by atoms with Crippen LogP contribution in [0.15, 0.2) is 47.9 Å². The monoisotopic (exact) mass is 404 g/mol. The van der Waals surface area contributed by atoms with Crippen LogP contribution in [0.4, 0.5) is 4.79 Å². The van der Waals surface area contributed by atoms with Crippen LogP contribution in [-0.4, -0.2) is 44.6 Å². The van der Waals surface area contributed by atoms with E-state index < -0.39 is 11.1 Å². The molecule has 2 heterocycles. The van der Waals surface area contributed by atoms with E-state index in [1.54, 1.807) is 42.9 Å². The van der Waals surface area contributed by atoms with Gasteiger partial charge in [0.1, 0.15) is 6.54 Å². The van der Waals surface area contributed by atoms with E-state index in [-0.39, 0.29) is 17.4 Å². The van der Waals surface area contributed by atoms with Crippen LogP contribution in [0.1, 0.15) is 12.0 Å². The quantitative estimate of drug-likeness (QED) is 0.566. The molecule has 3 rings (SSSR count). The lowest BCUT2D eigenvalue weighted by atomic mass is 10.2. The highest BCUT2D eigenvalue weighted by Gasteiger charge is 2.36. The highest BCUT2D eigenvalue weighted by molar-refractivity contribution is 8.18. The third kappa shape index (κ3) is 4.99. The van der Waals surface area contributed by atoms with Crippen molar-refractivity contribution in [3.05, 3.63) is 58.5 Å². The Labute approximate surface area is 165 Å². The molecule has 0 saturated carbocycles. The van der Waals surface area contributed by atoms with Gasteiger partial charge < -0.3 is 9.88 Å². The van der Waals surface area contributed by atoms with Crippen molar-refractivity contribution in [2.45, 2.75) is 13.0 Å². The second-order valence-electron chi connectivity index (χ2n) is 5.79. The number of aromatic nitrogens is 2. The lowest BCUT2D eigenvalue weighted by Crippen LogP contribution is -2.39. The second-order valence-corrected chi connectivity index (χ2v) is 7.19. The van der Waals surface area contributed by atoms with Crippen molar-refractivity contribution < 1.29 is 14.4 Å². The first-order chi connectivity index (χ1) is 13.0. The first-order valence-electron chi connectivity index (χ1n) is 8.27. The fourth-order valence-electron chi connectivity index (χ4n) is 2.48. The van der Waals surface area contributed by atoms with Crippen LogP contribution in [-0.2, 0) is 16.1 Å². The zero-order valence-electron chi connectivity index (χ0n) is 14.3. The normalized spacial score (nSPS) is 15.6. The Morgan fingerprint density at radius 1 is 1.30 bits per heavy atom.